The minimum absolute atomic E-state index is 0.0379. The molecule has 1 aliphatic heterocycles. The Hall–Kier alpha value is -4.28. The number of aromatic hydroxyl groups is 1. The number of anilines is 1. The van der Waals surface area contributed by atoms with E-state index in [-0.39, 0.29) is 22.9 Å². The standard InChI is InChI=1S/C35H41N3O6S/c1-43-21-7-9-26(39)8-3-4-10-33(42)36-19-5-2-6-20-37-35(45)38-25-13-11-24(12-14-25)34-29-17-15-27(40)22-31(29)44-32-23-28(41)16-18-30(32)34/h11-18,22-23,40H,2-10,19-21H2,1H3,(H,36,42)(H2,37,38,45). The van der Waals surface area contributed by atoms with Gasteiger partial charge in [-0.05, 0) is 92.7 Å². The monoisotopic (exact) mass is 631 g/mol. The van der Waals surface area contributed by atoms with Gasteiger partial charge in [-0.1, -0.05) is 12.1 Å². The summed E-state index contributed by atoms with van der Waals surface area (Å²) < 4.78 is 10.9. The van der Waals surface area contributed by atoms with Gasteiger partial charge in [0, 0.05) is 80.4 Å². The van der Waals surface area contributed by atoms with Crippen molar-refractivity contribution in [3.63, 3.8) is 0 Å². The molecule has 0 unspecified atom stereocenters. The fourth-order valence-electron chi connectivity index (χ4n) is 5.16. The van der Waals surface area contributed by atoms with Crippen molar-refractivity contribution >= 4 is 45.7 Å². The van der Waals surface area contributed by atoms with Gasteiger partial charge in [0.2, 0.25) is 5.91 Å². The molecular formula is C35H41N3O6S. The Morgan fingerprint density at radius 3 is 2.36 bits per heavy atom. The number of unbranched alkanes of at least 4 members (excludes halogenated alkanes) is 3. The highest BCUT2D eigenvalue weighted by molar-refractivity contribution is 7.80. The van der Waals surface area contributed by atoms with Crippen LogP contribution in [0.25, 0.3) is 33.4 Å². The molecule has 0 saturated heterocycles. The highest BCUT2D eigenvalue weighted by Crippen LogP contribution is 2.40. The number of ether oxygens (including phenoxy) is 1. The second kappa shape index (κ2) is 17.3. The van der Waals surface area contributed by atoms with Crippen LogP contribution in [0.2, 0.25) is 0 Å². The van der Waals surface area contributed by atoms with Crippen molar-refractivity contribution in [1.82, 2.24) is 10.6 Å². The maximum Gasteiger partial charge on any atom is 0.219 e. The molecule has 0 fully saturated rings. The Kier molecular flexibility index (Phi) is 12.9. The molecule has 2 aliphatic rings. The summed E-state index contributed by atoms with van der Waals surface area (Å²) >= 11 is 5.47. The summed E-state index contributed by atoms with van der Waals surface area (Å²) in [4.78, 5) is 35.7. The molecule has 1 amide bonds. The average molecular weight is 632 g/mol. The van der Waals surface area contributed by atoms with E-state index in [4.69, 9.17) is 21.4 Å². The molecule has 1 aliphatic carbocycles. The first-order valence-electron chi connectivity index (χ1n) is 15.5. The number of phenolic OH excluding ortho intramolecular Hbond substituents is 1. The van der Waals surface area contributed by atoms with Crippen molar-refractivity contribution in [3.8, 4) is 28.2 Å². The average Bonchev–Trinajstić information content (AvgIpc) is 3.02. The Labute approximate surface area is 268 Å². The van der Waals surface area contributed by atoms with Gasteiger partial charge in [0.05, 0.1) is 0 Å². The van der Waals surface area contributed by atoms with E-state index in [1.807, 2.05) is 30.3 Å². The number of amides is 1. The molecule has 0 spiro atoms. The number of fused-ring (bicyclic) bond motifs is 2. The zero-order chi connectivity index (χ0) is 32.0. The van der Waals surface area contributed by atoms with Gasteiger partial charge in [-0.3, -0.25) is 14.4 Å². The lowest BCUT2D eigenvalue weighted by Gasteiger charge is -2.16. The Morgan fingerprint density at radius 2 is 1.58 bits per heavy atom. The number of rotatable bonds is 17. The van der Waals surface area contributed by atoms with Gasteiger partial charge in [-0.25, -0.2) is 0 Å². The van der Waals surface area contributed by atoms with Gasteiger partial charge in [0.15, 0.2) is 10.5 Å². The van der Waals surface area contributed by atoms with E-state index in [9.17, 15) is 19.5 Å². The number of ketones is 1. The number of phenols is 1. The van der Waals surface area contributed by atoms with E-state index in [0.717, 1.165) is 72.8 Å². The predicted octanol–water partition coefficient (Wildman–Crippen LogP) is 6.40. The summed E-state index contributed by atoms with van der Waals surface area (Å²) in [6.07, 6.45) is 6.52. The van der Waals surface area contributed by atoms with Crippen LogP contribution in [0.4, 0.5) is 5.69 Å². The molecule has 9 nitrogen and oxygen atoms in total. The van der Waals surface area contributed by atoms with Crippen LogP contribution < -0.4 is 21.4 Å². The summed E-state index contributed by atoms with van der Waals surface area (Å²) in [6.45, 7) is 1.97. The van der Waals surface area contributed by atoms with Crippen LogP contribution in [0.3, 0.4) is 0 Å². The van der Waals surface area contributed by atoms with Crippen molar-refractivity contribution < 1.29 is 23.8 Å². The molecule has 2 aromatic rings. The summed E-state index contributed by atoms with van der Waals surface area (Å²) in [5.41, 5.74) is 3.84. The van der Waals surface area contributed by atoms with Crippen LogP contribution in [0, 0.1) is 0 Å². The lowest BCUT2D eigenvalue weighted by atomic mass is 9.93. The molecule has 238 valence electrons. The summed E-state index contributed by atoms with van der Waals surface area (Å²) in [7, 11) is 1.63. The molecule has 0 aromatic heterocycles. The third-order valence-electron chi connectivity index (χ3n) is 7.48. The second-order valence-corrected chi connectivity index (χ2v) is 11.4. The highest BCUT2D eigenvalue weighted by atomic mass is 32.1. The number of benzene rings is 3. The van der Waals surface area contributed by atoms with Gasteiger partial charge >= 0.3 is 0 Å². The van der Waals surface area contributed by atoms with Crippen LogP contribution in [-0.4, -0.2) is 48.7 Å². The van der Waals surface area contributed by atoms with E-state index in [1.165, 1.54) is 12.1 Å². The number of carbonyl (C=O) groups is 2. The molecule has 0 atom stereocenters. The maximum atomic E-state index is 12.0. The Bertz CT molecular complexity index is 1620. The molecule has 2 aromatic carbocycles. The zero-order valence-corrected chi connectivity index (χ0v) is 26.5. The normalized spacial score (nSPS) is 11.0. The van der Waals surface area contributed by atoms with Gasteiger partial charge in [-0.15, -0.1) is 0 Å². The second-order valence-electron chi connectivity index (χ2n) is 11.0. The van der Waals surface area contributed by atoms with E-state index >= 15 is 0 Å². The van der Waals surface area contributed by atoms with E-state index in [0.29, 0.717) is 48.9 Å². The molecule has 0 saturated carbocycles. The first-order chi connectivity index (χ1) is 21.8. The number of hydrogen-bond acceptors (Lipinski definition) is 7. The lowest BCUT2D eigenvalue weighted by Crippen LogP contribution is -2.29. The summed E-state index contributed by atoms with van der Waals surface area (Å²) in [5.74, 6) is 0.820. The first-order valence-corrected chi connectivity index (χ1v) is 15.9. The van der Waals surface area contributed by atoms with Crippen molar-refractivity contribution in [2.24, 2.45) is 0 Å². The Morgan fingerprint density at radius 1 is 0.844 bits per heavy atom. The Balaban J connectivity index is 1.15. The third kappa shape index (κ3) is 10.4. The molecular weight excluding hydrogens is 590 g/mol. The summed E-state index contributed by atoms with van der Waals surface area (Å²) in [6, 6.07) is 17.6. The van der Waals surface area contributed by atoms with Gasteiger partial charge in [0.1, 0.15) is 22.9 Å². The predicted molar refractivity (Wildman–Crippen MR) is 182 cm³/mol. The van der Waals surface area contributed by atoms with Gasteiger partial charge in [-0.2, -0.15) is 0 Å². The molecule has 0 radical (unpaired) electrons. The minimum atomic E-state index is -0.147. The lowest BCUT2D eigenvalue weighted by molar-refractivity contribution is -0.122. The largest absolute Gasteiger partial charge is 0.508 e. The number of methoxy groups -OCH3 is 1. The van der Waals surface area contributed by atoms with Gasteiger partial charge < -0.3 is 30.2 Å². The minimum Gasteiger partial charge on any atom is -0.508 e. The van der Waals surface area contributed by atoms with E-state index < -0.39 is 0 Å². The smallest absolute Gasteiger partial charge is 0.219 e. The maximum absolute atomic E-state index is 12.0. The van der Waals surface area contributed by atoms with Crippen LogP contribution >= 0.6 is 12.2 Å². The van der Waals surface area contributed by atoms with Crippen molar-refractivity contribution in [3.05, 3.63) is 70.9 Å². The number of nitrogens with one attached hydrogen (secondary N) is 3. The molecule has 1 heterocycles. The molecule has 4 N–H and O–H groups in total. The van der Waals surface area contributed by atoms with Crippen molar-refractivity contribution in [2.75, 3.05) is 32.1 Å². The van der Waals surface area contributed by atoms with Crippen LogP contribution in [0.15, 0.2) is 69.9 Å². The molecule has 10 heteroatoms. The zero-order valence-electron chi connectivity index (χ0n) is 25.7. The number of Topliss-reactive ketones (excluding diaryl/α,β-unsaturated/α-hetero) is 1. The van der Waals surface area contributed by atoms with Gasteiger partial charge in [0.25, 0.3) is 0 Å². The van der Waals surface area contributed by atoms with Crippen LogP contribution in [0.5, 0.6) is 5.75 Å². The van der Waals surface area contributed by atoms with Crippen molar-refractivity contribution in [2.45, 2.75) is 57.8 Å². The molecule has 0 bridgehead atoms. The van der Waals surface area contributed by atoms with E-state index in [1.54, 1.807) is 25.3 Å². The molecule has 45 heavy (non-hydrogen) atoms. The third-order valence-corrected chi connectivity index (χ3v) is 7.73. The quantitative estimate of drug-likeness (QED) is 0.0594. The highest BCUT2D eigenvalue weighted by Gasteiger charge is 2.17. The summed E-state index contributed by atoms with van der Waals surface area (Å²) in [5, 5.41) is 20.7. The van der Waals surface area contributed by atoms with E-state index in [2.05, 4.69) is 16.0 Å². The fourth-order valence-corrected chi connectivity index (χ4v) is 5.38. The van der Waals surface area contributed by atoms with Crippen LogP contribution in [-0.2, 0) is 14.3 Å². The van der Waals surface area contributed by atoms with Crippen LogP contribution in [0.1, 0.15) is 57.8 Å². The SMILES string of the molecule is COCCCC(=O)CCCCC(=O)NCCCCCNC(=S)Nc1ccc(-c2c3ccc(=O)cc-3oc3cc(O)ccc23)cc1. The van der Waals surface area contributed by atoms with Crippen molar-refractivity contribution in [1.29, 1.82) is 0 Å². The fraction of sp³-hybridized carbons (Fsp3) is 0.371. The first kappa shape index (κ1) is 33.6. The number of hydrogen-bond donors (Lipinski definition) is 4. The number of carbonyl (C=O) groups excluding carboxylic acids is 2. The topological polar surface area (TPSA) is 130 Å². The molecule has 4 rings (SSSR count). The number of thiocarbonyl (C=S) groups is 1.